The topological polar surface area (TPSA) is 114 Å². The Morgan fingerprint density at radius 2 is 0.529 bits per heavy atom. The second-order valence-corrected chi connectivity index (χ2v) is 11.4. The zero-order valence-electron chi connectivity index (χ0n) is 27.0. The van der Waals surface area contributed by atoms with Crippen LogP contribution >= 0.6 is 0 Å². The zero-order chi connectivity index (χ0) is 33.3. The van der Waals surface area contributed by atoms with E-state index >= 15 is 0 Å². The number of hydrogen-bond donors (Lipinski definition) is 0. The summed E-state index contributed by atoms with van der Waals surface area (Å²) in [7, 11) is 0. The summed E-state index contributed by atoms with van der Waals surface area (Å²) in [6, 6.07) is 51.2. The number of imidazole rings is 4. The van der Waals surface area contributed by atoms with Crippen LogP contribution in [0, 0.1) is 0 Å². The maximum atomic E-state index is 4.67. The number of fused-ring (bicyclic) bond motifs is 4. The van der Waals surface area contributed by atoms with E-state index in [1.807, 2.05) is 168 Å². The van der Waals surface area contributed by atoms with Gasteiger partial charge in [-0.1, -0.05) is 158 Å². The van der Waals surface area contributed by atoms with Crippen LogP contribution in [0.25, 0.3) is 44.1 Å². The maximum Gasteiger partial charge on any atom is 4.00 e. The van der Waals surface area contributed by atoms with Crippen molar-refractivity contribution < 1.29 is 26.2 Å². The molecule has 51 heavy (non-hydrogen) atoms. The molecule has 0 saturated carbocycles. The molecule has 11 heteroatoms. The Morgan fingerprint density at radius 3 is 0.784 bits per heavy atom. The summed E-state index contributed by atoms with van der Waals surface area (Å²) < 4.78 is 0. The van der Waals surface area contributed by atoms with E-state index < -0.39 is 0 Å². The second kappa shape index (κ2) is 13.9. The van der Waals surface area contributed by atoms with Crippen LogP contribution in [0.5, 0.6) is 0 Å². The molecule has 4 aromatic heterocycles. The van der Waals surface area contributed by atoms with Crippen LogP contribution in [0.3, 0.4) is 0 Å². The Morgan fingerprint density at radius 1 is 0.294 bits per heavy atom. The summed E-state index contributed by atoms with van der Waals surface area (Å²) in [5.41, 5.74) is 8.70. The van der Waals surface area contributed by atoms with Crippen LogP contribution in [0.1, 0.15) is 0 Å². The van der Waals surface area contributed by atoms with Gasteiger partial charge in [0.25, 0.3) is 0 Å². The number of rotatable bonds is 6. The van der Waals surface area contributed by atoms with Crippen LogP contribution in [-0.2, 0) is 26.2 Å². The minimum Gasteiger partial charge on any atom is -0.363 e. The zero-order valence-corrected chi connectivity index (χ0v) is 29.4. The Hall–Kier alpha value is -6.32. The average molecular weight is 738 g/mol. The smallest absolute Gasteiger partial charge is 0.363 e. The summed E-state index contributed by atoms with van der Waals surface area (Å²) in [4.78, 5) is 41.1. The van der Waals surface area contributed by atoms with Crippen LogP contribution in [0.15, 0.2) is 158 Å². The van der Waals surface area contributed by atoms with Gasteiger partial charge in [0.1, 0.15) is 0 Å². The fourth-order valence-corrected chi connectivity index (χ4v) is 5.77. The molecule has 240 valence electrons. The van der Waals surface area contributed by atoms with E-state index in [0.29, 0.717) is 23.8 Å². The van der Waals surface area contributed by atoms with Crippen molar-refractivity contribution in [1.82, 2.24) is 39.9 Å². The van der Waals surface area contributed by atoms with E-state index in [2.05, 4.69) is 39.9 Å². The SMILES string of the molecule is [Zr+4].c1ccc(N(c2nc3ccccc3[n-]2)c2nc3ccccc3[n-]2)cc1.c1ccc(N(c2nc3ccccc3[n-]2)c2nc3ccccc3[n-]2)cc1. The molecule has 0 aliphatic rings. The van der Waals surface area contributed by atoms with E-state index in [4.69, 9.17) is 0 Å². The monoisotopic (exact) mass is 736 g/mol. The van der Waals surface area contributed by atoms with E-state index in [9.17, 15) is 0 Å². The average Bonchev–Trinajstić information content (AvgIpc) is 3.97. The van der Waals surface area contributed by atoms with E-state index in [-0.39, 0.29) is 26.2 Å². The van der Waals surface area contributed by atoms with Gasteiger partial charge in [-0.25, -0.2) is 0 Å². The standard InChI is InChI=1S/2C20H13N5.Zr/c2*1-2-8-14(9-3-1)25(19-21-15-10-4-5-11-16(15)22-19)20-23-17-12-6-7-13-18(17)24-20;/h2*1-13H;/q2*-2;+4. The van der Waals surface area contributed by atoms with Gasteiger partial charge in [0.15, 0.2) is 0 Å². The molecule has 0 amide bonds. The van der Waals surface area contributed by atoms with Gasteiger partial charge in [0.2, 0.25) is 0 Å². The molecular weight excluding hydrogens is 712 g/mol. The van der Waals surface area contributed by atoms with Gasteiger partial charge >= 0.3 is 26.2 Å². The van der Waals surface area contributed by atoms with Crippen molar-refractivity contribution in [3.63, 3.8) is 0 Å². The molecule has 0 N–H and O–H groups in total. The number of hydrogen-bond acceptors (Lipinski definition) is 6. The largest absolute Gasteiger partial charge is 4.00 e. The summed E-state index contributed by atoms with van der Waals surface area (Å²) in [6.45, 7) is 0. The fraction of sp³-hybridized carbons (Fsp3) is 0. The minimum absolute atomic E-state index is 0. The third kappa shape index (κ3) is 6.31. The molecule has 0 unspecified atom stereocenters. The molecule has 0 aliphatic heterocycles. The van der Waals surface area contributed by atoms with E-state index in [0.717, 1.165) is 55.5 Å². The molecule has 10 aromatic rings. The molecule has 0 spiro atoms. The van der Waals surface area contributed by atoms with E-state index in [1.54, 1.807) is 0 Å². The van der Waals surface area contributed by atoms with Crippen LogP contribution in [0.4, 0.5) is 35.2 Å². The summed E-state index contributed by atoms with van der Waals surface area (Å²) in [5, 5.41) is 0. The molecule has 0 bridgehead atoms. The molecule has 6 aromatic carbocycles. The van der Waals surface area contributed by atoms with E-state index in [1.165, 1.54) is 0 Å². The van der Waals surface area contributed by atoms with Crippen molar-refractivity contribution >= 4 is 79.3 Å². The molecule has 0 atom stereocenters. The van der Waals surface area contributed by atoms with Crippen LogP contribution in [0.2, 0.25) is 0 Å². The molecular formula is C40H26N10Zr. The van der Waals surface area contributed by atoms with Crippen molar-refractivity contribution in [3.8, 4) is 0 Å². The second-order valence-electron chi connectivity index (χ2n) is 11.4. The third-order valence-electron chi connectivity index (χ3n) is 8.12. The van der Waals surface area contributed by atoms with Gasteiger partial charge < -0.3 is 49.7 Å². The summed E-state index contributed by atoms with van der Waals surface area (Å²) in [5.74, 6) is 2.29. The number of anilines is 6. The van der Waals surface area contributed by atoms with Gasteiger partial charge in [-0.2, -0.15) is 0 Å². The Bertz CT molecular complexity index is 2230. The van der Waals surface area contributed by atoms with Crippen molar-refractivity contribution in [1.29, 1.82) is 0 Å². The normalized spacial score (nSPS) is 11.0. The van der Waals surface area contributed by atoms with Crippen molar-refractivity contribution in [2.24, 2.45) is 0 Å². The first-order valence-electron chi connectivity index (χ1n) is 16.1. The molecule has 0 aliphatic carbocycles. The summed E-state index contributed by atoms with van der Waals surface area (Å²) >= 11 is 0. The fourth-order valence-electron chi connectivity index (χ4n) is 5.77. The first kappa shape index (κ1) is 31.9. The summed E-state index contributed by atoms with van der Waals surface area (Å²) in [6.07, 6.45) is 0. The molecule has 10 rings (SSSR count). The number of nitrogens with zero attached hydrogens (tertiary/aromatic N) is 10. The van der Waals surface area contributed by atoms with Crippen molar-refractivity contribution in [2.75, 3.05) is 9.80 Å². The quantitative estimate of drug-likeness (QED) is 0.165. The van der Waals surface area contributed by atoms with Crippen molar-refractivity contribution in [3.05, 3.63) is 158 Å². The Labute approximate surface area is 311 Å². The Balaban J connectivity index is 0.000000144. The molecule has 4 heterocycles. The third-order valence-corrected chi connectivity index (χ3v) is 8.12. The Kier molecular flexibility index (Phi) is 8.70. The predicted octanol–water partition coefficient (Wildman–Crippen LogP) is 8.33. The molecule has 0 fully saturated rings. The minimum atomic E-state index is 0. The number of benzene rings is 6. The molecule has 0 saturated heterocycles. The molecule has 0 radical (unpaired) electrons. The van der Waals surface area contributed by atoms with Crippen molar-refractivity contribution in [2.45, 2.75) is 0 Å². The van der Waals surface area contributed by atoms with Gasteiger partial charge in [0, 0.05) is 67.9 Å². The number of para-hydroxylation sites is 10. The van der Waals surface area contributed by atoms with Gasteiger partial charge in [-0.05, 0) is 11.4 Å². The first-order valence-corrected chi connectivity index (χ1v) is 16.1. The van der Waals surface area contributed by atoms with Gasteiger partial charge in [-0.3, -0.25) is 0 Å². The maximum absolute atomic E-state index is 4.67. The predicted molar refractivity (Wildman–Crippen MR) is 197 cm³/mol. The van der Waals surface area contributed by atoms with Gasteiger partial charge in [0.05, 0.1) is 0 Å². The van der Waals surface area contributed by atoms with Gasteiger partial charge in [-0.15, -0.1) is 0 Å². The van der Waals surface area contributed by atoms with Crippen LogP contribution in [-0.4, -0.2) is 19.9 Å². The molecule has 10 nitrogen and oxygen atoms in total. The first-order chi connectivity index (χ1) is 24.8. The van der Waals surface area contributed by atoms with Crippen LogP contribution < -0.4 is 29.7 Å². The number of aromatic nitrogens is 8.